The number of hydrogen-bond acceptors (Lipinski definition) is 2. The van der Waals surface area contributed by atoms with E-state index in [0.717, 1.165) is 31.8 Å². The molecule has 1 aliphatic carbocycles. The van der Waals surface area contributed by atoms with Crippen LogP contribution in [0.3, 0.4) is 0 Å². The molecule has 0 aromatic carbocycles. The summed E-state index contributed by atoms with van der Waals surface area (Å²) >= 11 is 0. The molecule has 0 aromatic rings. The van der Waals surface area contributed by atoms with E-state index in [4.69, 9.17) is 0 Å². The summed E-state index contributed by atoms with van der Waals surface area (Å²) in [5.74, 6) is 1.19. The van der Waals surface area contributed by atoms with Crippen LogP contribution < -0.4 is 10.6 Å². The summed E-state index contributed by atoms with van der Waals surface area (Å²) in [6.07, 6.45) is 8.70. The van der Waals surface area contributed by atoms with Crippen molar-refractivity contribution in [2.45, 2.75) is 51.0 Å². The highest BCUT2D eigenvalue weighted by atomic mass is 16.2. The predicted molar refractivity (Wildman–Crippen MR) is 60.6 cm³/mol. The summed E-state index contributed by atoms with van der Waals surface area (Å²) in [4.78, 5) is 11.7. The Bertz CT molecular complexity index is 208. The van der Waals surface area contributed by atoms with Crippen LogP contribution in [0.1, 0.15) is 44.9 Å². The molecule has 3 heteroatoms. The molecule has 1 atom stereocenters. The fourth-order valence-electron chi connectivity index (χ4n) is 2.21. The first-order chi connectivity index (χ1) is 7.36. The molecular weight excluding hydrogens is 188 g/mol. The summed E-state index contributed by atoms with van der Waals surface area (Å²) in [6, 6.07) is 0.0830. The van der Waals surface area contributed by atoms with Gasteiger partial charge in [0.2, 0.25) is 5.91 Å². The fraction of sp³-hybridized carbons (Fsp3) is 0.917. The van der Waals surface area contributed by atoms with Gasteiger partial charge in [0, 0.05) is 6.54 Å². The van der Waals surface area contributed by atoms with E-state index in [0.29, 0.717) is 0 Å². The predicted octanol–water partition coefficient (Wildman–Crippen LogP) is 1.43. The summed E-state index contributed by atoms with van der Waals surface area (Å²) in [6.45, 7) is 1.87. The first kappa shape index (κ1) is 10.9. The summed E-state index contributed by atoms with van der Waals surface area (Å²) < 4.78 is 0. The lowest BCUT2D eigenvalue weighted by Crippen LogP contribution is -2.46. The maximum Gasteiger partial charge on any atom is 0.237 e. The smallest absolute Gasteiger partial charge is 0.237 e. The van der Waals surface area contributed by atoms with E-state index in [1.165, 1.54) is 32.1 Å². The van der Waals surface area contributed by atoms with Gasteiger partial charge < -0.3 is 10.6 Å². The molecule has 0 bridgehead atoms. The largest absolute Gasteiger partial charge is 0.355 e. The molecule has 2 rings (SSSR count). The van der Waals surface area contributed by atoms with Gasteiger partial charge >= 0.3 is 0 Å². The molecule has 1 amide bonds. The van der Waals surface area contributed by atoms with Crippen molar-refractivity contribution in [1.29, 1.82) is 0 Å². The Morgan fingerprint density at radius 1 is 1.27 bits per heavy atom. The second-order valence-corrected chi connectivity index (χ2v) is 4.88. The van der Waals surface area contributed by atoms with Crippen molar-refractivity contribution in [2.24, 2.45) is 5.92 Å². The Hall–Kier alpha value is -0.570. The lowest BCUT2D eigenvalue weighted by molar-refractivity contribution is -0.123. The Labute approximate surface area is 92.0 Å². The van der Waals surface area contributed by atoms with E-state index in [-0.39, 0.29) is 11.9 Å². The van der Waals surface area contributed by atoms with Gasteiger partial charge in [-0.05, 0) is 38.1 Å². The molecule has 0 spiro atoms. The van der Waals surface area contributed by atoms with Crippen LogP contribution in [0.4, 0.5) is 0 Å². The van der Waals surface area contributed by atoms with E-state index in [2.05, 4.69) is 10.6 Å². The first-order valence-electron chi connectivity index (χ1n) is 6.37. The minimum atomic E-state index is 0.0830. The summed E-state index contributed by atoms with van der Waals surface area (Å²) in [5, 5.41) is 6.30. The molecule has 0 aromatic heterocycles. The highest BCUT2D eigenvalue weighted by molar-refractivity contribution is 5.81. The molecule has 2 N–H and O–H groups in total. The zero-order valence-corrected chi connectivity index (χ0v) is 9.43. The standard InChI is InChI=1S/C12H22N2O/c15-12(11-5-1-2-8-13-11)14-9-3-4-10-6-7-10/h10-11,13H,1-9H2,(H,14,15)/t11-/m1/s1. The van der Waals surface area contributed by atoms with Crippen molar-refractivity contribution < 1.29 is 4.79 Å². The molecular formula is C12H22N2O. The van der Waals surface area contributed by atoms with E-state index < -0.39 is 0 Å². The second-order valence-electron chi connectivity index (χ2n) is 4.88. The van der Waals surface area contributed by atoms with Crippen LogP contribution in [0, 0.1) is 5.92 Å². The van der Waals surface area contributed by atoms with Crippen LogP contribution in [0.2, 0.25) is 0 Å². The maximum atomic E-state index is 11.7. The zero-order chi connectivity index (χ0) is 10.5. The molecule has 0 radical (unpaired) electrons. The zero-order valence-electron chi connectivity index (χ0n) is 9.43. The second kappa shape index (κ2) is 5.50. The van der Waals surface area contributed by atoms with Gasteiger partial charge in [-0.15, -0.1) is 0 Å². The molecule has 3 nitrogen and oxygen atoms in total. The maximum absolute atomic E-state index is 11.7. The molecule has 1 saturated carbocycles. The third-order valence-corrected chi connectivity index (χ3v) is 3.41. The van der Waals surface area contributed by atoms with Crippen molar-refractivity contribution >= 4 is 5.91 Å². The van der Waals surface area contributed by atoms with Crippen LogP contribution >= 0.6 is 0 Å². The van der Waals surface area contributed by atoms with Crippen LogP contribution in [-0.4, -0.2) is 25.0 Å². The Morgan fingerprint density at radius 2 is 2.13 bits per heavy atom. The Balaban J connectivity index is 1.54. The molecule has 86 valence electrons. The third kappa shape index (κ3) is 3.82. The van der Waals surface area contributed by atoms with E-state index >= 15 is 0 Å². The van der Waals surface area contributed by atoms with Gasteiger partial charge in [0.25, 0.3) is 0 Å². The molecule has 15 heavy (non-hydrogen) atoms. The molecule has 0 unspecified atom stereocenters. The normalized spacial score (nSPS) is 26.3. The van der Waals surface area contributed by atoms with Crippen LogP contribution in [-0.2, 0) is 4.79 Å². The average molecular weight is 210 g/mol. The highest BCUT2D eigenvalue weighted by Crippen LogP contribution is 2.33. The topological polar surface area (TPSA) is 41.1 Å². The molecule has 2 fully saturated rings. The van der Waals surface area contributed by atoms with Gasteiger partial charge in [-0.25, -0.2) is 0 Å². The minimum absolute atomic E-state index is 0.0830. The fourth-order valence-corrected chi connectivity index (χ4v) is 2.21. The Morgan fingerprint density at radius 3 is 2.80 bits per heavy atom. The molecule has 1 aliphatic heterocycles. The minimum Gasteiger partial charge on any atom is -0.355 e. The SMILES string of the molecule is O=C(NCCCC1CC1)[C@H]1CCCCN1. The Kier molecular flexibility index (Phi) is 4.01. The third-order valence-electron chi connectivity index (χ3n) is 3.41. The number of carbonyl (C=O) groups excluding carboxylic acids is 1. The number of piperidine rings is 1. The number of rotatable bonds is 5. The quantitative estimate of drug-likeness (QED) is 0.674. The lowest BCUT2D eigenvalue weighted by Gasteiger charge is -2.22. The van der Waals surface area contributed by atoms with Gasteiger partial charge in [-0.1, -0.05) is 19.3 Å². The average Bonchev–Trinajstić information content (AvgIpc) is 3.09. The number of hydrogen-bond donors (Lipinski definition) is 2. The van der Waals surface area contributed by atoms with E-state index in [9.17, 15) is 4.79 Å². The summed E-state index contributed by atoms with van der Waals surface area (Å²) in [5.41, 5.74) is 0. The van der Waals surface area contributed by atoms with Gasteiger partial charge in [0.15, 0.2) is 0 Å². The molecule has 1 saturated heterocycles. The van der Waals surface area contributed by atoms with Gasteiger partial charge in [0.05, 0.1) is 6.04 Å². The van der Waals surface area contributed by atoms with Crippen LogP contribution in [0.25, 0.3) is 0 Å². The van der Waals surface area contributed by atoms with Crippen molar-refractivity contribution in [1.82, 2.24) is 10.6 Å². The van der Waals surface area contributed by atoms with E-state index in [1.54, 1.807) is 0 Å². The lowest BCUT2D eigenvalue weighted by atomic mass is 10.0. The van der Waals surface area contributed by atoms with Crippen molar-refractivity contribution in [3.63, 3.8) is 0 Å². The summed E-state index contributed by atoms with van der Waals surface area (Å²) in [7, 11) is 0. The van der Waals surface area contributed by atoms with Crippen molar-refractivity contribution in [3.05, 3.63) is 0 Å². The monoisotopic (exact) mass is 210 g/mol. The molecule has 2 aliphatic rings. The van der Waals surface area contributed by atoms with Gasteiger partial charge in [0.1, 0.15) is 0 Å². The first-order valence-corrected chi connectivity index (χ1v) is 6.37. The van der Waals surface area contributed by atoms with Crippen molar-refractivity contribution in [3.8, 4) is 0 Å². The van der Waals surface area contributed by atoms with E-state index in [1.807, 2.05) is 0 Å². The van der Waals surface area contributed by atoms with Crippen LogP contribution in [0.15, 0.2) is 0 Å². The number of nitrogens with one attached hydrogen (secondary N) is 2. The molecule has 1 heterocycles. The highest BCUT2D eigenvalue weighted by Gasteiger charge is 2.21. The number of amides is 1. The van der Waals surface area contributed by atoms with Crippen molar-refractivity contribution in [2.75, 3.05) is 13.1 Å². The van der Waals surface area contributed by atoms with Crippen LogP contribution in [0.5, 0.6) is 0 Å². The number of carbonyl (C=O) groups is 1. The van der Waals surface area contributed by atoms with Gasteiger partial charge in [-0.3, -0.25) is 4.79 Å². The van der Waals surface area contributed by atoms with Gasteiger partial charge in [-0.2, -0.15) is 0 Å².